The number of esters is 2. The Morgan fingerprint density at radius 1 is 1.22 bits per heavy atom. The first-order valence-corrected chi connectivity index (χ1v) is 14.1. The monoisotopic (exact) mass is 531 g/mol. The van der Waals surface area contributed by atoms with E-state index in [9.17, 15) is 14.2 Å². The van der Waals surface area contributed by atoms with Crippen LogP contribution in [0.2, 0.25) is 0 Å². The zero-order valence-corrected chi connectivity index (χ0v) is 21.4. The average molecular weight is 532 g/mol. The van der Waals surface area contributed by atoms with E-state index < -0.39 is 31.4 Å². The molecule has 1 N–H and O–H groups in total. The Bertz CT molecular complexity index is 1290. The van der Waals surface area contributed by atoms with Gasteiger partial charge in [-0.3, -0.25) is 9.36 Å². The maximum atomic E-state index is 16.0. The molecule has 1 fully saturated rings. The van der Waals surface area contributed by atoms with Crippen LogP contribution in [0.25, 0.3) is 10.1 Å². The van der Waals surface area contributed by atoms with Crippen molar-refractivity contribution in [1.82, 2.24) is 5.09 Å². The number of para-hydroxylation sites is 1. The number of thiophene rings is 1. The van der Waals surface area contributed by atoms with Crippen LogP contribution in [0, 0.1) is 0 Å². The van der Waals surface area contributed by atoms with E-state index in [0.29, 0.717) is 10.3 Å². The van der Waals surface area contributed by atoms with E-state index in [-0.39, 0.29) is 24.0 Å². The maximum absolute atomic E-state index is 16.0. The fraction of sp³-hybridized carbons (Fsp3) is 0.308. The zero-order valence-electron chi connectivity index (χ0n) is 19.7. The fourth-order valence-electron chi connectivity index (χ4n) is 3.57. The molecule has 1 aliphatic carbocycles. The fourth-order valence-corrected chi connectivity index (χ4v) is 6.41. The minimum atomic E-state index is -4.32. The molecular formula is C26H27FNO6PS. The van der Waals surface area contributed by atoms with Gasteiger partial charge in [0.15, 0.2) is 0 Å². The Morgan fingerprint density at radius 2 is 1.97 bits per heavy atom. The second kappa shape index (κ2) is 11.4. The van der Waals surface area contributed by atoms with Crippen LogP contribution in [-0.4, -0.2) is 30.7 Å². The van der Waals surface area contributed by atoms with E-state index in [0.717, 1.165) is 24.0 Å². The van der Waals surface area contributed by atoms with Crippen LogP contribution in [0.1, 0.15) is 47.3 Å². The quantitative estimate of drug-likeness (QED) is 0.170. The maximum Gasteiger partial charge on any atom is 0.355 e. The number of ether oxygens (including phenoxy) is 2. The number of nitrogens with one attached hydrogen (secondary N) is 1. The molecule has 10 heteroatoms. The highest BCUT2D eigenvalue weighted by Crippen LogP contribution is 2.58. The van der Waals surface area contributed by atoms with Crippen molar-refractivity contribution in [2.75, 3.05) is 6.61 Å². The highest BCUT2D eigenvalue weighted by Gasteiger charge is 2.41. The van der Waals surface area contributed by atoms with Gasteiger partial charge in [-0.1, -0.05) is 36.9 Å². The second-order valence-corrected chi connectivity index (χ2v) is 11.6. The van der Waals surface area contributed by atoms with Gasteiger partial charge in [0.05, 0.1) is 0 Å². The van der Waals surface area contributed by atoms with E-state index in [1.807, 2.05) is 0 Å². The van der Waals surface area contributed by atoms with Crippen LogP contribution in [0.4, 0.5) is 4.39 Å². The molecule has 0 saturated heterocycles. The zero-order chi connectivity index (χ0) is 25.7. The van der Waals surface area contributed by atoms with Crippen LogP contribution in [0.15, 0.2) is 67.3 Å². The van der Waals surface area contributed by atoms with Crippen LogP contribution in [0.5, 0.6) is 5.75 Å². The lowest BCUT2D eigenvalue weighted by atomic mass is 9.96. The normalized spacial score (nSPS) is 16.8. The summed E-state index contributed by atoms with van der Waals surface area (Å²) in [6.45, 7) is 5.07. The van der Waals surface area contributed by atoms with Crippen molar-refractivity contribution in [2.24, 2.45) is 0 Å². The molecule has 190 valence electrons. The van der Waals surface area contributed by atoms with Gasteiger partial charge in [-0.2, -0.15) is 0 Å². The third-order valence-electron chi connectivity index (χ3n) is 5.69. The lowest BCUT2D eigenvalue weighted by Crippen LogP contribution is -2.38. The molecular weight excluding hydrogens is 504 g/mol. The average Bonchev–Trinajstić information content (AvgIpc) is 3.28. The molecule has 0 spiro atoms. The van der Waals surface area contributed by atoms with Crippen LogP contribution in [-0.2, 0) is 18.8 Å². The van der Waals surface area contributed by atoms with Gasteiger partial charge in [0.1, 0.15) is 29.4 Å². The molecule has 3 atom stereocenters. The van der Waals surface area contributed by atoms with Gasteiger partial charge in [0.2, 0.25) is 5.91 Å². The third kappa shape index (κ3) is 6.03. The number of benzene rings is 2. The van der Waals surface area contributed by atoms with Gasteiger partial charge in [-0.25, -0.2) is 14.3 Å². The smallest absolute Gasteiger partial charge is 0.355 e. The van der Waals surface area contributed by atoms with Crippen molar-refractivity contribution in [3.8, 4) is 5.75 Å². The number of fused-ring (bicyclic) bond motifs is 1. The summed E-state index contributed by atoms with van der Waals surface area (Å²) in [6, 6.07) is 13.4. The number of alkyl halides is 1. The number of rotatable bonds is 11. The lowest BCUT2D eigenvalue weighted by molar-refractivity contribution is -0.154. The molecule has 0 amide bonds. The minimum absolute atomic E-state index is 0.0811. The first-order chi connectivity index (χ1) is 17.3. The summed E-state index contributed by atoms with van der Waals surface area (Å²) < 4.78 is 46.8. The Hall–Kier alpha value is -3.00. The van der Waals surface area contributed by atoms with Crippen LogP contribution < -0.4 is 9.61 Å². The molecule has 0 bridgehead atoms. The van der Waals surface area contributed by atoms with Crippen molar-refractivity contribution in [2.45, 2.75) is 44.2 Å². The molecule has 7 nitrogen and oxygen atoms in total. The topological polar surface area (TPSA) is 90.9 Å². The largest absolute Gasteiger partial charge is 0.461 e. The van der Waals surface area contributed by atoms with Gasteiger partial charge in [0.25, 0.3) is 0 Å². The van der Waals surface area contributed by atoms with Gasteiger partial charge >= 0.3 is 19.5 Å². The van der Waals surface area contributed by atoms with Gasteiger partial charge < -0.3 is 14.0 Å². The molecule has 0 aliphatic heterocycles. The molecule has 1 saturated carbocycles. The Morgan fingerprint density at radius 3 is 2.64 bits per heavy atom. The second-order valence-electron chi connectivity index (χ2n) is 8.47. The first-order valence-electron chi connectivity index (χ1n) is 11.6. The SMILES string of the molecule is C=CCOC(=O)c1cc2cc([C@@H](F)P(=O)(N[C@@H](C)C(=O)OC3CCC3)Oc3ccccc3)ccc2s1. The van der Waals surface area contributed by atoms with Crippen molar-refractivity contribution >= 4 is 40.9 Å². The summed E-state index contributed by atoms with van der Waals surface area (Å²) >= 11 is 1.21. The summed E-state index contributed by atoms with van der Waals surface area (Å²) in [5.41, 5.74) is 0.0811. The molecule has 2 aromatic carbocycles. The minimum Gasteiger partial charge on any atom is -0.461 e. The summed E-state index contributed by atoms with van der Waals surface area (Å²) in [4.78, 5) is 25.1. The van der Waals surface area contributed by atoms with Gasteiger partial charge in [0, 0.05) is 4.70 Å². The van der Waals surface area contributed by atoms with Crippen molar-refractivity contribution in [1.29, 1.82) is 0 Å². The molecule has 1 aromatic heterocycles. The number of carbonyl (C=O) groups is 2. The lowest BCUT2D eigenvalue weighted by Gasteiger charge is -2.29. The van der Waals surface area contributed by atoms with Crippen molar-refractivity contribution in [3.63, 3.8) is 0 Å². The van der Waals surface area contributed by atoms with Crippen molar-refractivity contribution in [3.05, 3.63) is 77.7 Å². The molecule has 36 heavy (non-hydrogen) atoms. The van der Waals surface area contributed by atoms with Gasteiger partial charge in [-0.15, -0.1) is 11.3 Å². The molecule has 1 heterocycles. The van der Waals surface area contributed by atoms with E-state index >= 15 is 4.39 Å². The van der Waals surface area contributed by atoms with Gasteiger partial charge in [-0.05, 0) is 67.5 Å². The summed E-state index contributed by atoms with van der Waals surface area (Å²) in [5, 5.41) is 3.18. The number of halogens is 1. The van der Waals surface area contributed by atoms with Crippen LogP contribution >= 0.6 is 18.9 Å². The Kier molecular flexibility index (Phi) is 8.24. The van der Waals surface area contributed by atoms with Crippen LogP contribution in [0.3, 0.4) is 0 Å². The highest BCUT2D eigenvalue weighted by molar-refractivity contribution is 7.57. The summed E-state index contributed by atoms with van der Waals surface area (Å²) in [6.07, 6.45) is 3.86. The van der Waals surface area contributed by atoms with E-state index in [1.165, 1.54) is 36.5 Å². The predicted octanol–water partition coefficient (Wildman–Crippen LogP) is 6.56. The predicted molar refractivity (Wildman–Crippen MR) is 137 cm³/mol. The number of hydrogen-bond donors (Lipinski definition) is 1. The molecule has 4 rings (SSSR count). The van der Waals surface area contributed by atoms with E-state index in [2.05, 4.69) is 11.7 Å². The third-order valence-corrected chi connectivity index (χ3v) is 8.91. The first kappa shape index (κ1) is 26.1. The molecule has 1 unspecified atom stereocenters. The van der Waals surface area contributed by atoms with E-state index in [1.54, 1.807) is 42.5 Å². The highest BCUT2D eigenvalue weighted by atomic mass is 32.1. The summed E-state index contributed by atoms with van der Waals surface area (Å²) in [7, 11) is -4.32. The number of carbonyl (C=O) groups excluding carboxylic acids is 2. The Balaban J connectivity index is 1.60. The molecule has 1 aliphatic rings. The number of hydrogen-bond acceptors (Lipinski definition) is 7. The Labute approximate surface area is 212 Å². The standard InChI is InChI=1S/C26H27FNO6PS/c1-3-14-32-26(30)23-16-19-15-18(12-13-22(19)36-23)24(27)35(31,34-21-8-5-4-6-9-21)28-17(2)25(29)33-20-10-7-11-20/h3-6,8-9,12-13,15-17,20,24H,1,7,10-11,14H2,2H3,(H,28,31)/t17-,24-,35?/m0/s1. The summed E-state index contributed by atoms with van der Waals surface area (Å²) in [5.74, 6) is -3.02. The molecule has 0 radical (unpaired) electrons. The molecule has 3 aromatic rings. The van der Waals surface area contributed by atoms with Crippen molar-refractivity contribution < 1.29 is 32.5 Å². The van der Waals surface area contributed by atoms with E-state index in [4.69, 9.17) is 14.0 Å².